The Labute approximate surface area is 182 Å². The molecular formula is C24H27N3O4. The fraction of sp³-hybridized carbons (Fsp3) is 0.292. The first-order valence-electron chi connectivity index (χ1n) is 10.1. The van der Waals surface area contributed by atoms with Crippen LogP contribution in [0, 0.1) is 6.92 Å². The Bertz CT molecular complexity index is 1070. The summed E-state index contributed by atoms with van der Waals surface area (Å²) in [6.07, 6.45) is 0.581. The zero-order valence-electron chi connectivity index (χ0n) is 18.4. The van der Waals surface area contributed by atoms with E-state index < -0.39 is 18.0 Å². The third-order valence-corrected chi connectivity index (χ3v) is 4.94. The van der Waals surface area contributed by atoms with Crippen LogP contribution in [0.4, 0.5) is 5.69 Å². The van der Waals surface area contributed by atoms with Crippen LogP contribution in [0.1, 0.15) is 48.3 Å². The molecule has 0 aliphatic rings. The maximum absolute atomic E-state index is 12.7. The lowest BCUT2D eigenvalue weighted by molar-refractivity contribution is -0.123. The number of nitrogens with one attached hydrogen (secondary N) is 1. The van der Waals surface area contributed by atoms with Crippen LogP contribution in [-0.4, -0.2) is 34.9 Å². The van der Waals surface area contributed by atoms with Crippen LogP contribution in [-0.2, 0) is 9.53 Å². The molecule has 0 radical (unpaired) electrons. The van der Waals surface area contributed by atoms with Gasteiger partial charge in [-0.15, -0.1) is 0 Å². The summed E-state index contributed by atoms with van der Waals surface area (Å²) in [5, 5.41) is 7.19. The molecule has 0 unspecified atom stereocenters. The van der Waals surface area contributed by atoms with Crippen molar-refractivity contribution >= 4 is 17.6 Å². The van der Waals surface area contributed by atoms with E-state index in [4.69, 9.17) is 9.47 Å². The molecule has 7 nitrogen and oxygen atoms in total. The average molecular weight is 421 g/mol. The van der Waals surface area contributed by atoms with Gasteiger partial charge in [0.25, 0.3) is 5.91 Å². The molecule has 0 spiro atoms. The first kappa shape index (κ1) is 22.1. The summed E-state index contributed by atoms with van der Waals surface area (Å²) < 4.78 is 12.2. The Morgan fingerprint density at radius 1 is 1.03 bits per heavy atom. The minimum Gasteiger partial charge on any atom is -0.493 e. The molecule has 3 aromatic rings. The van der Waals surface area contributed by atoms with E-state index in [1.165, 1.54) is 18.7 Å². The Kier molecular flexibility index (Phi) is 6.74. The second-order valence-corrected chi connectivity index (χ2v) is 7.56. The van der Waals surface area contributed by atoms with Gasteiger partial charge in [-0.05, 0) is 43.0 Å². The summed E-state index contributed by atoms with van der Waals surface area (Å²) in [6, 6.07) is 15.2. The predicted octanol–water partition coefficient (Wildman–Crippen LogP) is 4.50. The number of esters is 1. The van der Waals surface area contributed by atoms with Crippen LogP contribution >= 0.6 is 0 Å². The number of rotatable bonds is 7. The van der Waals surface area contributed by atoms with Gasteiger partial charge in [0.15, 0.2) is 11.9 Å². The SMILES string of the molecule is COc1cn(-c2ccccc2)nc1C(=O)O[C@H](C)C(=O)Nc1c(C)cccc1C(C)C. The van der Waals surface area contributed by atoms with Crippen molar-refractivity contribution in [2.24, 2.45) is 0 Å². The highest BCUT2D eigenvalue weighted by molar-refractivity contribution is 5.98. The molecule has 1 N–H and O–H groups in total. The molecule has 162 valence electrons. The van der Waals surface area contributed by atoms with E-state index in [2.05, 4.69) is 24.3 Å². The molecule has 1 heterocycles. The van der Waals surface area contributed by atoms with Crippen molar-refractivity contribution in [3.8, 4) is 11.4 Å². The van der Waals surface area contributed by atoms with Crippen molar-refractivity contribution in [2.75, 3.05) is 12.4 Å². The topological polar surface area (TPSA) is 82.5 Å². The van der Waals surface area contributed by atoms with E-state index in [0.29, 0.717) is 0 Å². The lowest BCUT2D eigenvalue weighted by Crippen LogP contribution is -2.31. The zero-order chi connectivity index (χ0) is 22.5. The quantitative estimate of drug-likeness (QED) is 0.568. The van der Waals surface area contributed by atoms with Gasteiger partial charge in [-0.3, -0.25) is 4.79 Å². The summed E-state index contributed by atoms with van der Waals surface area (Å²) in [5.74, 6) is -0.643. The van der Waals surface area contributed by atoms with Gasteiger partial charge in [-0.1, -0.05) is 50.2 Å². The third kappa shape index (κ3) is 4.94. The molecule has 1 atom stereocenters. The van der Waals surface area contributed by atoms with Gasteiger partial charge in [0.2, 0.25) is 5.69 Å². The number of hydrogen-bond acceptors (Lipinski definition) is 5. The van der Waals surface area contributed by atoms with Crippen molar-refractivity contribution < 1.29 is 19.1 Å². The summed E-state index contributed by atoms with van der Waals surface area (Å²) in [5.41, 5.74) is 3.49. The number of carbonyl (C=O) groups is 2. The number of carbonyl (C=O) groups excluding carboxylic acids is 2. The number of benzene rings is 2. The number of nitrogens with zero attached hydrogens (tertiary/aromatic N) is 2. The van der Waals surface area contributed by atoms with Crippen LogP contribution < -0.4 is 10.1 Å². The number of anilines is 1. The van der Waals surface area contributed by atoms with E-state index in [1.807, 2.05) is 55.5 Å². The van der Waals surface area contributed by atoms with Crippen LogP contribution in [0.5, 0.6) is 5.75 Å². The highest BCUT2D eigenvalue weighted by Crippen LogP contribution is 2.28. The molecule has 0 saturated heterocycles. The molecule has 0 aliphatic heterocycles. The van der Waals surface area contributed by atoms with Crippen molar-refractivity contribution in [1.82, 2.24) is 9.78 Å². The van der Waals surface area contributed by atoms with E-state index in [9.17, 15) is 9.59 Å². The van der Waals surface area contributed by atoms with Gasteiger partial charge >= 0.3 is 5.97 Å². The number of methoxy groups -OCH3 is 1. The van der Waals surface area contributed by atoms with Gasteiger partial charge < -0.3 is 14.8 Å². The molecule has 0 saturated carbocycles. The molecule has 31 heavy (non-hydrogen) atoms. The smallest absolute Gasteiger partial charge is 0.363 e. The largest absolute Gasteiger partial charge is 0.493 e. The fourth-order valence-electron chi connectivity index (χ4n) is 3.20. The van der Waals surface area contributed by atoms with Crippen molar-refractivity contribution in [3.05, 3.63) is 71.5 Å². The Morgan fingerprint density at radius 2 is 1.74 bits per heavy atom. The van der Waals surface area contributed by atoms with Crippen molar-refractivity contribution in [2.45, 2.75) is 39.7 Å². The zero-order valence-corrected chi connectivity index (χ0v) is 18.4. The van der Waals surface area contributed by atoms with Crippen LogP contribution in [0.2, 0.25) is 0 Å². The highest BCUT2D eigenvalue weighted by atomic mass is 16.6. The summed E-state index contributed by atoms with van der Waals surface area (Å²) in [6.45, 7) is 7.58. The van der Waals surface area contributed by atoms with Gasteiger partial charge in [-0.2, -0.15) is 5.10 Å². The summed E-state index contributed by atoms with van der Waals surface area (Å²) >= 11 is 0. The summed E-state index contributed by atoms with van der Waals surface area (Å²) in [7, 11) is 1.45. The minimum atomic E-state index is -1.02. The Balaban J connectivity index is 1.75. The first-order chi connectivity index (χ1) is 14.8. The van der Waals surface area contributed by atoms with E-state index in [-0.39, 0.29) is 17.4 Å². The fourth-order valence-corrected chi connectivity index (χ4v) is 3.20. The number of hydrogen-bond donors (Lipinski definition) is 1. The number of amides is 1. The maximum Gasteiger partial charge on any atom is 0.363 e. The number of aryl methyl sites for hydroxylation is 1. The predicted molar refractivity (Wildman–Crippen MR) is 119 cm³/mol. The molecule has 3 rings (SSSR count). The Morgan fingerprint density at radius 3 is 2.39 bits per heavy atom. The first-order valence-corrected chi connectivity index (χ1v) is 10.1. The van der Waals surface area contributed by atoms with E-state index in [0.717, 1.165) is 22.5 Å². The molecule has 1 amide bonds. The highest BCUT2D eigenvalue weighted by Gasteiger charge is 2.25. The maximum atomic E-state index is 12.7. The second-order valence-electron chi connectivity index (χ2n) is 7.56. The van der Waals surface area contributed by atoms with E-state index >= 15 is 0 Å². The molecular weight excluding hydrogens is 394 g/mol. The van der Waals surface area contributed by atoms with Gasteiger partial charge in [0, 0.05) is 5.69 Å². The van der Waals surface area contributed by atoms with Crippen molar-refractivity contribution in [1.29, 1.82) is 0 Å². The third-order valence-electron chi connectivity index (χ3n) is 4.94. The van der Waals surface area contributed by atoms with Crippen molar-refractivity contribution in [3.63, 3.8) is 0 Å². The van der Waals surface area contributed by atoms with Crippen LogP contribution in [0.3, 0.4) is 0 Å². The molecule has 0 bridgehead atoms. The van der Waals surface area contributed by atoms with Gasteiger partial charge in [-0.25, -0.2) is 9.48 Å². The van der Waals surface area contributed by atoms with Gasteiger partial charge in [0.05, 0.1) is 19.0 Å². The minimum absolute atomic E-state index is 0.00441. The molecule has 2 aromatic carbocycles. The summed E-state index contributed by atoms with van der Waals surface area (Å²) in [4.78, 5) is 25.5. The number of ether oxygens (including phenoxy) is 2. The molecule has 0 aliphatic carbocycles. The Hall–Kier alpha value is -3.61. The van der Waals surface area contributed by atoms with Gasteiger partial charge in [0.1, 0.15) is 0 Å². The monoisotopic (exact) mass is 421 g/mol. The normalized spacial score (nSPS) is 11.8. The lowest BCUT2D eigenvalue weighted by Gasteiger charge is -2.19. The average Bonchev–Trinajstić information content (AvgIpc) is 3.20. The standard InChI is InChI=1S/C24H27N3O4/c1-15(2)19-13-9-10-16(3)21(19)25-23(28)17(4)31-24(29)22-20(30-5)14-27(26-22)18-11-7-6-8-12-18/h6-15,17H,1-5H3,(H,25,28)/t17-/m1/s1. The lowest BCUT2D eigenvalue weighted by atomic mass is 9.98. The van der Waals surface area contributed by atoms with E-state index in [1.54, 1.807) is 6.20 Å². The van der Waals surface area contributed by atoms with Crippen LogP contribution in [0.15, 0.2) is 54.7 Å². The number of aromatic nitrogens is 2. The second kappa shape index (κ2) is 9.47. The van der Waals surface area contributed by atoms with Crippen LogP contribution in [0.25, 0.3) is 5.69 Å². The number of para-hydroxylation sites is 2. The molecule has 7 heteroatoms. The molecule has 1 aromatic heterocycles. The molecule has 0 fully saturated rings.